The van der Waals surface area contributed by atoms with Crippen molar-refractivity contribution in [1.82, 2.24) is 0 Å². The van der Waals surface area contributed by atoms with Gasteiger partial charge in [-0.1, -0.05) is 33.1 Å². The number of aliphatic carboxylic acids is 1. The Labute approximate surface area is 157 Å². The van der Waals surface area contributed by atoms with E-state index in [1.165, 1.54) is 0 Å². The standard InChI is InChI=1S/C22H34O4/c1-15(7-5-9-16(2)21(24)25)8-6-11-22(4)12-10-18-14-19(23)13-17(3)20(18)26-22/h13-16,23H,5-12H2,1-4H3,(H,24,25). The second kappa shape index (κ2) is 8.79. The molecule has 3 atom stereocenters. The maximum atomic E-state index is 10.9. The van der Waals surface area contributed by atoms with Crippen molar-refractivity contribution in [3.05, 3.63) is 23.3 Å². The van der Waals surface area contributed by atoms with Crippen LogP contribution in [0.15, 0.2) is 12.1 Å². The van der Waals surface area contributed by atoms with Crippen molar-refractivity contribution in [3.8, 4) is 11.5 Å². The van der Waals surface area contributed by atoms with Gasteiger partial charge in [0.25, 0.3) is 0 Å². The number of rotatable bonds is 9. The monoisotopic (exact) mass is 362 g/mol. The zero-order chi connectivity index (χ0) is 19.3. The number of phenolic OH excluding ortho intramolecular Hbond substituents is 1. The molecule has 1 aromatic rings. The lowest BCUT2D eigenvalue weighted by Crippen LogP contribution is -2.36. The maximum absolute atomic E-state index is 10.9. The molecule has 0 aliphatic carbocycles. The van der Waals surface area contributed by atoms with Crippen LogP contribution in [0.3, 0.4) is 0 Å². The van der Waals surface area contributed by atoms with E-state index in [2.05, 4.69) is 13.8 Å². The van der Waals surface area contributed by atoms with E-state index in [-0.39, 0.29) is 11.5 Å². The van der Waals surface area contributed by atoms with E-state index in [1.54, 1.807) is 13.0 Å². The van der Waals surface area contributed by atoms with Crippen molar-refractivity contribution in [1.29, 1.82) is 0 Å². The Morgan fingerprint density at radius 3 is 2.62 bits per heavy atom. The Bertz CT molecular complexity index is 625. The number of ether oxygens (including phenoxy) is 1. The van der Waals surface area contributed by atoms with Gasteiger partial charge in [0, 0.05) is 0 Å². The van der Waals surface area contributed by atoms with Crippen molar-refractivity contribution in [2.75, 3.05) is 0 Å². The predicted octanol–water partition coefficient (Wildman–Crippen LogP) is 5.48. The third-order valence-corrected chi connectivity index (χ3v) is 5.77. The molecule has 3 unspecified atom stereocenters. The molecule has 26 heavy (non-hydrogen) atoms. The third-order valence-electron chi connectivity index (χ3n) is 5.77. The van der Waals surface area contributed by atoms with Crippen LogP contribution in [0, 0.1) is 18.8 Å². The van der Waals surface area contributed by atoms with Crippen molar-refractivity contribution in [2.45, 2.75) is 84.7 Å². The first kappa shape index (κ1) is 20.6. The van der Waals surface area contributed by atoms with Crippen LogP contribution in [0.4, 0.5) is 0 Å². The molecule has 1 aliphatic heterocycles. The summed E-state index contributed by atoms with van der Waals surface area (Å²) < 4.78 is 6.35. The van der Waals surface area contributed by atoms with Crippen LogP contribution in [0.25, 0.3) is 0 Å². The average molecular weight is 363 g/mol. The molecule has 0 fully saturated rings. The highest BCUT2D eigenvalue weighted by Crippen LogP contribution is 2.40. The Hall–Kier alpha value is -1.71. The van der Waals surface area contributed by atoms with E-state index in [0.29, 0.717) is 11.7 Å². The Balaban J connectivity index is 1.76. The molecule has 1 aliphatic rings. The molecule has 1 aromatic carbocycles. The molecular weight excluding hydrogens is 328 g/mol. The molecular formula is C22H34O4. The Kier molecular flexibility index (Phi) is 6.96. The molecule has 4 nitrogen and oxygen atoms in total. The van der Waals surface area contributed by atoms with E-state index in [4.69, 9.17) is 9.84 Å². The van der Waals surface area contributed by atoms with Crippen molar-refractivity contribution in [3.63, 3.8) is 0 Å². The molecule has 0 saturated carbocycles. The molecule has 1 heterocycles. The number of hydrogen-bond donors (Lipinski definition) is 2. The van der Waals surface area contributed by atoms with Gasteiger partial charge in [0.05, 0.1) is 5.92 Å². The summed E-state index contributed by atoms with van der Waals surface area (Å²) in [6, 6.07) is 3.59. The minimum Gasteiger partial charge on any atom is -0.508 e. The van der Waals surface area contributed by atoms with Gasteiger partial charge in [0.2, 0.25) is 0 Å². The van der Waals surface area contributed by atoms with Crippen molar-refractivity contribution >= 4 is 5.97 Å². The molecule has 2 N–H and O–H groups in total. The summed E-state index contributed by atoms with van der Waals surface area (Å²) in [7, 11) is 0. The summed E-state index contributed by atoms with van der Waals surface area (Å²) in [5, 5.41) is 18.7. The molecule has 4 heteroatoms. The highest BCUT2D eigenvalue weighted by atomic mass is 16.5. The molecule has 0 radical (unpaired) electrons. The molecule has 146 valence electrons. The molecule has 0 bridgehead atoms. The number of aryl methyl sites for hydroxylation is 2. The van der Waals surface area contributed by atoms with E-state index in [9.17, 15) is 9.90 Å². The summed E-state index contributed by atoms with van der Waals surface area (Å²) in [6.07, 6.45) is 8.08. The van der Waals surface area contributed by atoms with Gasteiger partial charge in [-0.3, -0.25) is 4.79 Å². The Morgan fingerprint density at radius 1 is 1.23 bits per heavy atom. The molecule has 0 saturated heterocycles. The lowest BCUT2D eigenvalue weighted by molar-refractivity contribution is -0.141. The van der Waals surface area contributed by atoms with E-state index in [0.717, 1.165) is 68.2 Å². The van der Waals surface area contributed by atoms with Crippen LogP contribution >= 0.6 is 0 Å². The summed E-state index contributed by atoms with van der Waals surface area (Å²) >= 11 is 0. The predicted molar refractivity (Wildman–Crippen MR) is 104 cm³/mol. The number of benzene rings is 1. The molecule has 0 aromatic heterocycles. The van der Waals surface area contributed by atoms with Crippen molar-refractivity contribution < 1.29 is 19.7 Å². The van der Waals surface area contributed by atoms with Crippen LogP contribution in [0.5, 0.6) is 11.5 Å². The number of carboxylic acids is 1. The normalized spacial score (nSPS) is 21.5. The summed E-state index contributed by atoms with van der Waals surface area (Å²) in [5.74, 6) is 0.962. The SMILES string of the molecule is Cc1cc(O)cc2c1OC(C)(CCCC(C)CCCC(C)C(=O)O)CC2. The first-order valence-electron chi connectivity index (χ1n) is 9.94. The minimum absolute atomic E-state index is 0.133. The van der Waals surface area contributed by atoms with Gasteiger partial charge in [0.15, 0.2) is 0 Å². The molecule has 0 spiro atoms. The van der Waals surface area contributed by atoms with Gasteiger partial charge in [0.1, 0.15) is 17.1 Å². The largest absolute Gasteiger partial charge is 0.508 e. The fourth-order valence-corrected chi connectivity index (χ4v) is 3.90. The zero-order valence-corrected chi connectivity index (χ0v) is 16.7. The van der Waals surface area contributed by atoms with Gasteiger partial charge in [-0.25, -0.2) is 0 Å². The highest BCUT2D eigenvalue weighted by Gasteiger charge is 2.32. The summed E-state index contributed by atoms with van der Waals surface area (Å²) in [4.78, 5) is 10.9. The fourth-order valence-electron chi connectivity index (χ4n) is 3.90. The molecule has 2 rings (SSSR count). The van der Waals surface area contributed by atoms with Gasteiger partial charge in [-0.2, -0.15) is 0 Å². The van der Waals surface area contributed by atoms with Gasteiger partial charge < -0.3 is 14.9 Å². The first-order valence-corrected chi connectivity index (χ1v) is 9.94. The second-order valence-corrected chi connectivity index (χ2v) is 8.47. The number of fused-ring (bicyclic) bond motifs is 1. The van der Waals surface area contributed by atoms with Crippen LogP contribution in [-0.4, -0.2) is 21.8 Å². The quantitative estimate of drug-likeness (QED) is 0.610. The van der Waals surface area contributed by atoms with Gasteiger partial charge in [-0.15, -0.1) is 0 Å². The minimum atomic E-state index is -0.691. The summed E-state index contributed by atoms with van der Waals surface area (Å²) in [6.45, 7) is 8.23. The van der Waals surface area contributed by atoms with E-state index >= 15 is 0 Å². The van der Waals surface area contributed by atoms with E-state index < -0.39 is 5.97 Å². The number of aromatic hydroxyl groups is 1. The Morgan fingerprint density at radius 2 is 1.92 bits per heavy atom. The maximum Gasteiger partial charge on any atom is 0.306 e. The third kappa shape index (κ3) is 5.65. The van der Waals surface area contributed by atoms with Gasteiger partial charge in [-0.05, 0) is 75.1 Å². The summed E-state index contributed by atoms with van der Waals surface area (Å²) in [5.41, 5.74) is 1.99. The number of hydrogen-bond acceptors (Lipinski definition) is 3. The smallest absolute Gasteiger partial charge is 0.306 e. The number of carbonyl (C=O) groups is 1. The van der Waals surface area contributed by atoms with Gasteiger partial charge >= 0.3 is 5.97 Å². The fraction of sp³-hybridized carbons (Fsp3) is 0.682. The zero-order valence-electron chi connectivity index (χ0n) is 16.7. The highest BCUT2D eigenvalue weighted by molar-refractivity contribution is 5.69. The second-order valence-electron chi connectivity index (χ2n) is 8.47. The first-order chi connectivity index (χ1) is 12.2. The van der Waals surface area contributed by atoms with Crippen LogP contribution < -0.4 is 4.74 Å². The number of phenols is 1. The average Bonchev–Trinajstić information content (AvgIpc) is 2.55. The van der Waals surface area contributed by atoms with Crippen molar-refractivity contribution in [2.24, 2.45) is 11.8 Å². The number of carboxylic acid groups (broad SMARTS) is 1. The topological polar surface area (TPSA) is 66.8 Å². The van der Waals surface area contributed by atoms with Crippen LogP contribution in [0.1, 0.15) is 76.8 Å². The lowest BCUT2D eigenvalue weighted by Gasteiger charge is -2.37. The van der Waals surface area contributed by atoms with E-state index in [1.807, 2.05) is 13.0 Å². The van der Waals surface area contributed by atoms with Crippen LogP contribution in [-0.2, 0) is 11.2 Å². The van der Waals surface area contributed by atoms with Crippen LogP contribution in [0.2, 0.25) is 0 Å². The lowest BCUT2D eigenvalue weighted by atomic mass is 9.86. The molecule has 0 amide bonds.